The molecule has 1 aliphatic rings. The smallest absolute Gasteiger partial charge is 0.0580 e. The van der Waals surface area contributed by atoms with Gasteiger partial charge in [-0.15, -0.1) is 0 Å². The normalized spacial score (nSPS) is 26.4. The minimum Gasteiger partial charge on any atom is -0.378 e. The molecule has 0 aliphatic heterocycles. The molecule has 0 amide bonds. The van der Waals surface area contributed by atoms with Gasteiger partial charge in [-0.2, -0.15) is 0 Å². The molecule has 1 saturated carbocycles. The van der Waals surface area contributed by atoms with Crippen molar-refractivity contribution >= 4 is 0 Å². The number of nitrogens with two attached hydrogens (primary N) is 1. The Hall–Kier alpha value is -0.930. The number of rotatable bonds is 6. The fourth-order valence-electron chi connectivity index (χ4n) is 2.74. The van der Waals surface area contributed by atoms with Gasteiger partial charge in [0.15, 0.2) is 0 Å². The van der Waals surface area contributed by atoms with Gasteiger partial charge in [-0.3, -0.25) is 4.98 Å². The van der Waals surface area contributed by atoms with Crippen molar-refractivity contribution in [2.75, 3.05) is 6.61 Å². The average molecular weight is 248 g/mol. The summed E-state index contributed by atoms with van der Waals surface area (Å²) in [5.41, 5.74) is 7.61. The van der Waals surface area contributed by atoms with Crippen molar-refractivity contribution in [3.63, 3.8) is 0 Å². The predicted molar refractivity (Wildman–Crippen MR) is 73.4 cm³/mol. The summed E-state index contributed by atoms with van der Waals surface area (Å²) < 4.78 is 5.59. The molecule has 100 valence electrons. The van der Waals surface area contributed by atoms with Crippen LogP contribution in [0.2, 0.25) is 0 Å². The summed E-state index contributed by atoms with van der Waals surface area (Å²) in [7, 11) is 0. The average Bonchev–Trinajstić information content (AvgIpc) is 2.36. The van der Waals surface area contributed by atoms with E-state index in [1.54, 1.807) is 0 Å². The Kier molecular flexibility index (Phi) is 4.72. The molecule has 1 heterocycles. The molecule has 1 fully saturated rings. The van der Waals surface area contributed by atoms with E-state index in [4.69, 9.17) is 10.5 Å². The van der Waals surface area contributed by atoms with Crippen LogP contribution in [-0.2, 0) is 4.74 Å². The van der Waals surface area contributed by atoms with Gasteiger partial charge < -0.3 is 10.5 Å². The standard InChI is InChI=1S/C15H24N2O/c1-3-18-14-8-12(9-14)10-15(16)11(2)13-4-6-17-7-5-13/h4-7,11-12,14-15H,3,8-10,16H2,1-2H3. The summed E-state index contributed by atoms with van der Waals surface area (Å²) in [5, 5.41) is 0. The van der Waals surface area contributed by atoms with E-state index in [0.717, 1.165) is 18.9 Å². The first kappa shape index (κ1) is 13.5. The number of hydrogen-bond acceptors (Lipinski definition) is 3. The Morgan fingerprint density at radius 3 is 2.67 bits per heavy atom. The van der Waals surface area contributed by atoms with Crippen LogP contribution in [0, 0.1) is 5.92 Å². The molecule has 1 aliphatic carbocycles. The lowest BCUT2D eigenvalue weighted by atomic mass is 9.76. The highest BCUT2D eigenvalue weighted by Gasteiger charge is 2.31. The maximum atomic E-state index is 6.32. The second kappa shape index (κ2) is 6.30. The van der Waals surface area contributed by atoms with Crippen LogP contribution < -0.4 is 5.73 Å². The summed E-state index contributed by atoms with van der Waals surface area (Å²) in [4.78, 5) is 4.05. The Morgan fingerprint density at radius 1 is 1.39 bits per heavy atom. The van der Waals surface area contributed by atoms with Crippen LogP contribution in [0.4, 0.5) is 0 Å². The zero-order valence-corrected chi connectivity index (χ0v) is 11.4. The van der Waals surface area contributed by atoms with E-state index in [2.05, 4.69) is 31.0 Å². The Morgan fingerprint density at radius 2 is 2.06 bits per heavy atom. The first-order chi connectivity index (χ1) is 8.70. The van der Waals surface area contributed by atoms with Gasteiger partial charge in [0, 0.05) is 25.0 Å². The first-order valence-electron chi connectivity index (χ1n) is 6.97. The van der Waals surface area contributed by atoms with Gasteiger partial charge in [-0.1, -0.05) is 6.92 Å². The van der Waals surface area contributed by atoms with Crippen molar-refractivity contribution in [2.24, 2.45) is 11.7 Å². The van der Waals surface area contributed by atoms with Gasteiger partial charge in [0.2, 0.25) is 0 Å². The van der Waals surface area contributed by atoms with E-state index in [-0.39, 0.29) is 6.04 Å². The fraction of sp³-hybridized carbons (Fsp3) is 0.667. The van der Waals surface area contributed by atoms with Crippen molar-refractivity contribution in [1.29, 1.82) is 0 Å². The molecule has 18 heavy (non-hydrogen) atoms. The van der Waals surface area contributed by atoms with Crippen molar-refractivity contribution in [3.05, 3.63) is 30.1 Å². The minimum absolute atomic E-state index is 0.236. The topological polar surface area (TPSA) is 48.1 Å². The van der Waals surface area contributed by atoms with E-state index in [1.807, 2.05) is 12.4 Å². The molecule has 0 aromatic carbocycles. The molecule has 2 N–H and O–H groups in total. The van der Waals surface area contributed by atoms with E-state index in [0.29, 0.717) is 12.0 Å². The van der Waals surface area contributed by atoms with Gasteiger partial charge in [0.05, 0.1) is 6.10 Å². The number of ether oxygens (including phenoxy) is 1. The molecule has 2 rings (SSSR count). The number of aromatic nitrogens is 1. The minimum atomic E-state index is 0.236. The molecule has 1 aromatic rings. The quantitative estimate of drug-likeness (QED) is 0.842. The number of pyridine rings is 1. The molecule has 1 aromatic heterocycles. The lowest BCUT2D eigenvalue weighted by molar-refractivity contribution is -0.0286. The Balaban J connectivity index is 1.77. The molecule has 0 radical (unpaired) electrons. The van der Waals surface area contributed by atoms with E-state index < -0.39 is 0 Å². The molecule has 2 unspecified atom stereocenters. The summed E-state index contributed by atoms with van der Waals surface area (Å²) in [5.74, 6) is 1.15. The zero-order valence-electron chi connectivity index (χ0n) is 11.4. The van der Waals surface area contributed by atoms with Crippen LogP contribution >= 0.6 is 0 Å². The van der Waals surface area contributed by atoms with Gasteiger partial charge in [0.1, 0.15) is 0 Å². The van der Waals surface area contributed by atoms with Gasteiger partial charge in [0.25, 0.3) is 0 Å². The van der Waals surface area contributed by atoms with Crippen molar-refractivity contribution in [3.8, 4) is 0 Å². The van der Waals surface area contributed by atoms with Crippen LogP contribution in [0.3, 0.4) is 0 Å². The molecule has 2 atom stereocenters. The third-order valence-corrected chi connectivity index (χ3v) is 4.07. The molecule has 0 bridgehead atoms. The molecule has 0 saturated heterocycles. The monoisotopic (exact) mass is 248 g/mol. The molecule has 3 heteroatoms. The summed E-state index contributed by atoms with van der Waals surface area (Å²) in [6, 6.07) is 4.36. The number of hydrogen-bond donors (Lipinski definition) is 1. The van der Waals surface area contributed by atoms with E-state index in [1.165, 1.54) is 18.4 Å². The predicted octanol–water partition coefficient (Wildman–Crippen LogP) is 2.72. The SMILES string of the molecule is CCOC1CC(CC(N)C(C)c2ccncc2)C1. The fourth-order valence-corrected chi connectivity index (χ4v) is 2.74. The highest BCUT2D eigenvalue weighted by Crippen LogP contribution is 2.35. The molecular weight excluding hydrogens is 224 g/mol. The Bertz CT molecular complexity index is 349. The first-order valence-corrected chi connectivity index (χ1v) is 6.97. The van der Waals surface area contributed by atoms with Crippen LogP contribution in [0.25, 0.3) is 0 Å². The van der Waals surface area contributed by atoms with Crippen LogP contribution in [0.15, 0.2) is 24.5 Å². The lowest BCUT2D eigenvalue weighted by Crippen LogP contribution is -2.37. The van der Waals surface area contributed by atoms with Crippen molar-refractivity contribution < 1.29 is 4.74 Å². The van der Waals surface area contributed by atoms with Crippen molar-refractivity contribution in [2.45, 2.75) is 51.2 Å². The number of nitrogens with zero attached hydrogens (tertiary/aromatic N) is 1. The summed E-state index contributed by atoms with van der Waals surface area (Å²) in [6.07, 6.45) is 7.64. The third-order valence-electron chi connectivity index (χ3n) is 4.07. The summed E-state index contributed by atoms with van der Waals surface area (Å²) >= 11 is 0. The van der Waals surface area contributed by atoms with E-state index in [9.17, 15) is 0 Å². The largest absolute Gasteiger partial charge is 0.378 e. The maximum absolute atomic E-state index is 6.32. The lowest BCUT2D eigenvalue weighted by Gasteiger charge is -2.37. The van der Waals surface area contributed by atoms with Crippen LogP contribution in [0.1, 0.15) is 44.6 Å². The van der Waals surface area contributed by atoms with Gasteiger partial charge >= 0.3 is 0 Å². The molecule has 0 spiro atoms. The third kappa shape index (κ3) is 3.30. The maximum Gasteiger partial charge on any atom is 0.0580 e. The molecular formula is C15H24N2O. The molecule has 3 nitrogen and oxygen atoms in total. The zero-order chi connectivity index (χ0) is 13.0. The highest BCUT2D eigenvalue weighted by molar-refractivity contribution is 5.16. The second-order valence-electron chi connectivity index (χ2n) is 5.38. The van der Waals surface area contributed by atoms with Crippen LogP contribution in [0.5, 0.6) is 0 Å². The van der Waals surface area contributed by atoms with Crippen LogP contribution in [-0.4, -0.2) is 23.7 Å². The van der Waals surface area contributed by atoms with Crippen molar-refractivity contribution in [1.82, 2.24) is 4.98 Å². The van der Waals surface area contributed by atoms with Gasteiger partial charge in [-0.25, -0.2) is 0 Å². The summed E-state index contributed by atoms with van der Waals surface area (Å²) in [6.45, 7) is 5.10. The highest BCUT2D eigenvalue weighted by atomic mass is 16.5. The van der Waals surface area contributed by atoms with Gasteiger partial charge in [-0.05, 0) is 55.7 Å². The Labute approximate surface area is 110 Å². The van der Waals surface area contributed by atoms with E-state index >= 15 is 0 Å². The second-order valence-corrected chi connectivity index (χ2v) is 5.38.